The monoisotopic (exact) mass is 232 g/mol. The highest BCUT2D eigenvalue weighted by molar-refractivity contribution is 5.93. The number of hydrogen-bond acceptors (Lipinski definition) is 4. The van der Waals surface area contributed by atoms with Gasteiger partial charge in [0, 0.05) is 5.92 Å². The van der Waals surface area contributed by atoms with Gasteiger partial charge in [-0.3, -0.25) is 0 Å². The Bertz CT molecular complexity index is 455. The Balaban J connectivity index is 2.38. The maximum atomic E-state index is 11.9. The van der Waals surface area contributed by atoms with Crippen LogP contribution in [0.1, 0.15) is 32.6 Å². The van der Waals surface area contributed by atoms with E-state index in [2.05, 4.69) is 6.07 Å². The molecule has 4 nitrogen and oxygen atoms in total. The van der Waals surface area contributed by atoms with E-state index in [4.69, 9.17) is 15.7 Å². The lowest BCUT2D eigenvalue weighted by Crippen LogP contribution is -2.19. The summed E-state index contributed by atoms with van der Waals surface area (Å²) in [5.41, 5.74) is 8.33. The first-order valence-electron chi connectivity index (χ1n) is 6.01. The van der Waals surface area contributed by atoms with Gasteiger partial charge >= 0.3 is 5.97 Å². The van der Waals surface area contributed by atoms with Crippen molar-refractivity contribution in [2.45, 2.75) is 32.6 Å². The number of rotatable bonds is 2. The van der Waals surface area contributed by atoms with Gasteiger partial charge in [0.05, 0.1) is 23.5 Å². The molecule has 0 aliphatic heterocycles. The van der Waals surface area contributed by atoms with Crippen LogP contribution in [0.4, 0.5) is 0 Å². The van der Waals surface area contributed by atoms with Gasteiger partial charge in [0.15, 0.2) is 0 Å². The summed E-state index contributed by atoms with van der Waals surface area (Å²) in [7, 11) is 0. The Morgan fingerprint density at radius 2 is 2.35 bits per heavy atom. The number of carbonyl (C=O) groups excluding carboxylic acids is 1. The number of hydrogen-bond donors (Lipinski definition) is 1. The zero-order valence-corrected chi connectivity index (χ0v) is 9.95. The van der Waals surface area contributed by atoms with Gasteiger partial charge in [-0.2, -0.15) is 5.26 Å². The highest BCUT2D eigenvalue weighted by atomic mass is 16.5. The second-order valence-electron chi connectivity index (χ2n) is 4.36. The fourth-order valence-electron chi connectivity index (χ4n) is 2.72. The Kier molecular flexibility index (Phi) is 3.19. The summed E-state index contributed by atoms with van der Waals surface area (Å²) in [4.78, 5) is 11.9. The molecule has 0 amide bonds. The smallest absolute Gasteiger partial charge is 0.336 e. The van der Waals surface area contributed by atoms with Gasteiger partial charge in [-0.25, -0.2) is 4.79 Å². The van der Waals surface area contributed by atoms with E-state index in [-0.39, 0.29) is 11.9 Å². The largest absolute Gasteiger partial charge is 0.463 e. The van der Waals surface area contributed by atoms with Gasteiger partial charge in [-0.05, 0) is 31.8 Å². The average molecular weight is 232 g/mol. The van der Waals surface area contributed by atoms with Gasteiger partial charge in [0.25, 0.3) is 0 Å². The first-order valence-corrected chi connectivity index (χ1v) is 6.01. The van der Waals surface area contributed by atoms with Gasteiger partial charge in [0.2, 0.25) is 0 Å². The fraction of sp³-hybridized carbons (Fsp3) is 0.538. The second kappa shape index (κ2) is 4.62. The van der Waals surface area contributed by atoms with E-state index in [1.807, 2.05) is 0 Å². The molecule has 0 aromatic heterocycles. The normalized spacial score (nSPS) is 23.4. The van der Waals surface area contributed by atoms with Crippen molar-refractivity contribution in [1.29, 1.82) is 5.26 Å². The van der Waals surface area contributed by atoms with Crippen LogP contribution in [-0.2, 0) is 9.53 Å². The third-order valence-corrected chi connectivity index (χ3v) is 3.45. The van der Waals surface area contributed by atoms with Crippen LogP contribution in [0.25, 0.3) is 0 Å². The molecule has 2 aliphatic rings. The summed E-state index contributed by atoms with van der Waals surface area (Å²) < 4.78 is 5.03. The van der Waals surface area contributed by atoms with Crippen molar-refractivity contribution in [3.05, 3.63) is 22.4 Å². The molecule has 0 saturated heterocycles. The molecule has 17 heavy (non-hydrogen) atoms. The SMILES string of the molecule is CCOC(=O)C1=C(N)C(C#N)=C2CCCCC21. The quantitative estimate of drug-likeness (QED) is 0.736. The molecule has 2 aliphatic carbocycles. The van der Waals surface area contributed by atoms with E-state index < -0.39 is 0 Å². The molecule has 0 bridgehead atoms. The van der Waals surface area contributed by atoms with Crippen molar-refractivity contribution >= 4 is 5.97 Å². The van der Waals surface area contributed by atoms with Crippen LogP contribution in [0.3, 0.4) is 0 Å². The van der Waals surface area contributed by atoms with E-state index in [0.29, 0.717) is 23.5 Å². The minimum absolute atomic E-state index is 0.0254. The fourth-order valence-corrected chi connectivity index (χ4v) is 2.72. The summed E-state index contributed by atoms with van der Waals surface area (Å²) in [6.07, 6.45) is 3.91. The van der Waals surface area contributed by atoms with Crippen LogP contribution in [0, 0.1) is 17.2 Å². The van der Waals surface area contributed by atoms with Crippen LogP contribution >= 0.6 is 0 Å². The van der Waals surface area contributed by atoms with Crippen LogP contribution in [0.5, 0.6) is 0 Å². The highest BCUT2D eigenvalue weighted by Crippen LogP contribution is 2.44. The lowest BCUT2D eigenvalue weighted by molar-refractivity contribution is -0.139. The molecule has 2 rings (SSSR count). The molecule has 0 spiro atoms. The maximum Gasteiger partial charge on any atom is 0.336 e. The molecule has 2 N–H and O–H groups in total. The maximum absolute atomic E-state index is 11.9. The third-order valence-electron chi connectivity index (χ3n) is 3.45. The van der Waals surface area contributed by atoms with Crippen molar-refractivity contribution in [2.75, 3.05) is 6.61 Å². The number of nitriles is 1. The Morgan fingerprint density at radius 3 is 3.00 bits per heavy atom. The highest BCUT2D eigenvalue weighted by Gasteiger charge is 2.38. The van der Waals surface area contributed by atoms with E-state index in [9.17, 15) is 4.79 Å². The zero-order chi connectivity index (χ0) is 12.4. The van der Waals surface area contributed by atoms with E-state index in [1.165, 1.54) is 0 Å². The molecular weight excluding hydrogens is 216 g/mol. The van der Waals surface area contributed by atoms with Crippen molar-refractivity contribution in [3.63, 3.8) is 0 Å². The topological polar surface area (TPSA) is 76.1 Å². The Labute approximate surface area is 101 Å². The summed E-state index contributed by atoms with van der Waals surface area (Å²) in [5.74, 6) is -0.336. The lowest BCUT2D eigenvalue weighted by atomic mass is 9.82. The number of ether oxygens (including phenoxy) is 1. The molecule has 0 aromatic carbocycles. The number of nitrogens with two attached hydrogens (primary N) is 1. The Morgan fingerprint density at radius 1 is 1.59 bits per heavy atom. The molecule has 1 unspecified atom stereocenters. The zero-order valence-electron chi connectivity index (χ0n) is 9.95. The summed E-state index contributed by atoms with van der Waals surface area (Å²) in [6.45, 7) is 2.10. The standard InChI is InChI=1S/C13H16N2O2/c1-2-17-13(16)11-9-6-4-3-5-8(9)10(7-14)12(11)15/h9H,2-6,15H2,1H3. The van der Waals surface area contributed by atoms with Gasteiger partial charge in [0.1, 0.15) is 6.07 Å². The predicted octanol–water partition coefficient (Wildman–Crippen LogP) is 1.79. The number of carbonyl (C=O) groups is 1. The summed E-state index contributed by atoms with van der Waals surface area (Å²) in [5, 5.41) is 9.13. The van der Waals surface area contributed by atoms with Crippen molar-refractivity contribution in [3.8, 4) is 6.07 Å². The third kappa shape index (κ3) is 1.82. The van der Waals surface area contributed by atoms with Crippen LogP contribution in [0.2, 0.25) is 0 Å². The summed E-state index contributed by atoms with van der Waals surface area (Å²) >= 11 is 0. The van der Waals surface area contributed by atoms with E-state index in [1.54, 1.807) is 6.92 Å². The summed E-state index contributed by atoms with van der Waals surface area (Å²) in [6, 6.07) is 2.13. The van der Waals surface area contributed by atoms with E-state index in [0.717, 1.165) is 31.3 Å². The van der Waals surface area contributed by atoms with Crippen LogP contribution in [-0.4, -0.2) is 12.6 Å². The first-order chi connectivity index (χ1) is 8.20. The average Bonchev–Trinajstić information content (AvgIpc) is 2.61. The van der Waals surface area contributed by atoms with Crippen LogP contribution in [0.15, 0.2) is 22.4 Å². The lowest BCUT2D eigenvalue weighted by Gasteiger charge is -2.22. The molecule has 0 aromatic rings. The number of allylic oxidation sites excluding steroid dienone is 2. The van der Waals surface area contributed by atoms with Crippen molar-refractivity contribution < 1.29 is 9.53 Å². The molecular formula is C13H16N2O2. The number of nitrogens with zero attached hydrogens (tertiary/aromatic N) is 1. The molecule has 0 radical (unpaired) electrons. The Hall–Kier alpha value is -1.76. The van der Waals surface area contributed by atoms with E-state index >= 15 is 0 Å². The number of esters is 1. The number of fused-ring (bicyclic) bond motifs is 1. The molecule has 4 heteroatoms. The van der Waals surface area contributed by atoms with Crippen LogP contribution < -0.4 is 5.73 Å². The molecule has 1 fully saturated rings. The predicted molar refractivity (Wildman–Crippen MR) is 62.4 cm³/mol. The van der Waals surface area contributed by atoms with Crippen molar-refractivity contribution in [2.24, 2.45) is 11.7 Å². The molecule has 1 atom stereocenters. The van der Waals surface area contributed by atoms with Gasteiger partial charge in [-0.15, -0.1) is 0 Å². The second-order valence-corrected chi connectivity index (χ2v) is 4.36. The molecule has 0 heterocycles. The van der Waals surface area contributed by atoms with Crippen molar-refractivity contribution in [1.82, 2.24) is 0 Å². The minimum Gasteiger partial charge on any atom is -0.463 e. The first kappa shape index (κ1) is 11.7. The molecule has 90 valence electrons. The van der Waals surface area contributed by atoms with Gasteiger partial charge < -0.3 is 10.5 Å². The minimum atomic E-state index is -0.361. The molecule has 1 saturated carbocycles. The van der Waals surface area contributed by atoms with Gasteiger partial charge in [-0.1, -0.05) is 6.42 Å².